The molecule has 1 aromatic rings. The third kappa shape index (κ3) is 5.35. The first-order chi connectivity index (χ1) is 11.9. The number of carbonyl (C=O) groups is 2. The minimum absolute atomic E-state index is 0.116. The Bertz CT molecular complexity index is 616. The van der Waals surface area contributed by atoms with Gasteiger partial charge in [0.15, 0.2) is 11.5 Å². The van der Waals surface area contributed by atoms with Gasteiger partial charge < -0.3 is 24.2 Å². The maximum absolute atomic E-state index is 12.7. The number of aliphatic carboxylic acids is 1. The molecule has 0 spiro atoms. The van der Waals surface area contributed by atoms with Crippen LogP contribution in [0.2, 0.25) is 0 Å². The van der Waals surface area contributed by atoms with Gasteiger partial charge in [-0.3, -0.25) is 9.59 Å². The number of hydrogen-bond acceptors (Lipinski definition) is 5. The maximum Gasteiger partial charge on any atom is 0.306 e. The van der Waals surface area contributed by atoms with E-state index in [0.717, 1.165) is 0 Å². The highest BCUT2D eigenvalue weighted by Crippen LogP contribution is 2.29. The highest BCUT2D eigenvalue weighted by Gasteiger charge is 2.27. The highest BCUT2D eigenvalue weighted by atomic mass is 16.5. The number of carbonyl (C=O) groups excluding carboxylic acids is 1. The molecule has 1 atom stereocenters. The summed E-state index contributed by atoms with van der Waals surface area (Å²) >= 11 is 0. The fourth-order valence-electron chi connectivity index (χ4n) is 2.58. The molecule has 7 heteroatoms. The minimum Gasteiger partial charge on any atom is -0.493 e. The summed E-state index contributed by atoms with van der Waals surface area (Å²) < 4.78 is 16.4. The Kier molecular flexibility index (Phi) is 6.64. The fourth-order valence-corrected chi connectivity index (χ4v) is 2.58. The standard InChI is InChI=1S/C18H25NO6/c1-12(2)11-25-15-5-4-13(8-16(15)23-3)18(22)19-6-7-24-14(10-19)9-17(20)21/h4-5,8,12,14H,6-7,9-11H2,1-3H3,(H,20,21). The summed E-state index contributed by atoms with van der Waals surface area (Å²) in [4.78, 5) is 25.1. The minimum atomic E-state index is -0.937. The molecular weight excluding hydrogens is 326 g/mol. The van der Waals surface area contributed by atoms with E-state index in [9.17, 15) is 9.59 Å². The Morgan fingerprint density at radius 1 is 1.36 bits per heavy atom. The van der Waals surface area contributed by atoms with E-state index in [1.807, 2.05) is 0 Å². The van der Waals surface area contributed by atoms with Crippen LogP contribution in [0.1, 0.15) is 30.6 Å². The van der Waals surface area contributed by atoms with Gasteiger partial charge in [0.1, 0.15) is 0 Å². The Morgan fingerprint density at radius 3 is 2.76 bits per heavy atom. The molecule has 1 aliphatic rings. The van der Waals surface area contributed by atoms with Crippen LogP contribution in [0.5, 0.6) is 11.5 Å². The summed E-state index contributed by atoms with van der Waals surface area (Å²) in [6.07, 6.45) is -0.597. The molecule has 25 heavy (non-hydrogen) atoms. The van der Waals surface area contributed by atoms with E-state index in [-0.39, 0.29) is 18.9 Å². The van der Waals surface area contributed by atoms with E-state index in [1.165, 1.54) is 7.11 Å². The summed E-state index contributed by atoms with van der Waals surface area (Å²) in [5.74, 6) is 0.367. The van der Waals surface area contributed by atoms with Gasteiger partial charge in [0.05, 0.1) is 32.8 Å². The lowest BCUT2D eigenvalue weighted by atomic mass is 10.1. The zero-order chi connectivity index (χ0) is 18.4. The lowest BCUT2D eigenvalue weighted by molar-refractivity contribution is -0.141. The monoisotopic (exact) mass is 351 g/mol. The summed E-state index contributed by atoms with van der Waals surface area (Å²) in [6.45, 7) is 5.69. The second-order valence-corrected chi connectivity index (χ2v) is 6.41. The molecule has 1 unspecified atom stereocenters. The van der Waals surface area contributed by atoms with Crippen LogP contribution < -0.4 is 9.47 Å². The SMILES string of the molecule is COc1cc(C(=O)N2CCOC(CC(=O)O)C2)ccc1OCC(C)C. The summed E-state index contributed by atoms with van der Waals surface area (Å²) in [6, 6.07) is 5.07. The topological polar surface area (TPSA) is 85.3 Å². The van der Waals surface area contributed by atoms with Gasteiger partial charge >= 0.3 is 5.97 Å². The fraction of sp³-hybridized carbons (Fsp3) is 0.556. The van der Waals surface area contributed by atoms with Gasteiger partial charge in [0, 0.05) is 18.7 Å². The van der Waals surface area contributed by atoms with Crippen molar-refractivity contribution in [1.82, 2.24) is 4.90 Å². The molecule has 1 amide bonds. The maximum atomic E-state index is 12.7. The van der Waals surface area contributed by atoms with Crippen molar-refractivity contribution in [3.05, 3.63) is 23.8 Å². The number of nitrogens with zero attached hydrogens (tertiary/aromatic N) is 1. The molecule has 0 saturated carbocycles. The van der Waals surface area contributed by atoms with Crippen molar-refractivity contribution < 1.29 is 28.9 Å². The molecule has 1 fully saturated rings. The normalized spacial score (nSPS) is 17.4. The number of amides is 1. The van der Waals surface area contributed by atoms with E-state index < -0.39 is 12.1 Å². The second-order valence-electron chi connectivity index (χ2n) is 6.41. The van der Waals surface area contributed by atoms with Gasteiger partial charge in [-0.15, -0.1) is 0 Å². The third-order valence-electron chi connectivity index (χ3n) is 3.81. The van der Waals surface area contributed by atoms with Crippen LogP contribution in [-0.2, 0) is 9.53 Å². The zero-order valence-electron chi connectivity index (χ0n) is 14.9. The van der Waals surface area contributed by atoms with Crippen LogP contribution in [0, 0.1) is 5.92 Å². The third-order valence-corrected chi connectivity index (χ3v) is 3.81. The smallest absolute Gasteiger partial charge is 0.306 e. The molecule has 7 nitrogen and oxygen atoms in total. The molecule has 0 radical (unpaired) electrons. The molecule has 1 aliphatic heterocycles. The Hall–Kier alpha value is -2.28. The molecule has 1 saturated heterocycles. The lowest BCUT2D eigenvalue weighted by Crippen LogP contribution is -2.46. The molecule has 0 aliphatic carbocycles. The van der Waals surface area contributed by atoms with Gasteiger partial charge in [-0.2, -0.15) is 0 Å². The Balaban J connectivity index is 2.09. The van der Waals surface area contributed by atoms with Crippen molar-refractivity contribution in [3.8, 4) is 11.5 Å². The first kappa shape index (κ1) is 19.1. The first-order valence-electron chi connectivity index (χ1n) is 8.34. The van der Waals surface area contributed by atoms with Gasteiger partial charge in [-0.25, -0.2) is 0 Å². The van der Waals surface area contributed by atoms with Crippen molar-refractivity contribution in [2.75, 3.05) is 33.4 Å². The van der Waals surface area contributed by atoms with Crippen LogP contribution in [0.25, 0.3) is 0 Å². The number of rotatable bonds is 7. The summed E-state index contributed by atoms with van der Waals surface area (Å²) in [5.41, 5.74) is 0.477. The van der Waals surface area contributed by atoms with E-state index in [4.69, 9.17) is 19.3 Å². The Morgan fingerprint density at radius 2 is 2.12 bits per heavy atom. The van der Waals surface area contributed by atoms with Crippen molar-refractivity contribution in [2.45, 2.75) is 26.4 Å². The second kappa shape index (κ2) is 8.71. The number of morpholine rings is 1. The quantitative estimate of drug-likeness (QED) is 0.809. The van der Waals surface area contributed by atoms with Crippen molar-refractivity contribution in [2.24, 2.45) is 5.92 Å². The van der Waals surface area contributed by atoms with Gasteiger partial charge in [0.25, 0.3) is 5.91 Å². The number of benzene rings is 1. The molecule has 1 aromatic carbocycles. The average Bonchev–Trinajstić information content (AvgIpc) is 2.58. The van der Waals surface area contributed by atoms with E-state index in [0.29, 0.717) is 42.7 Å². The molecule has 0 bridgehead atoms. The molecular formula is C18H25NO6. The van der Waals surface area contributed by atoms with Crippen molar-refractivity contribution in [3.63, 3.8) is 0 Å². The number of carboxylic acid groups (broad SMARTS) is 1. The highest BCUT2D eigenvalue weighted by molar-refractivity contribution is 5.95. The predicted molar refractivity (Wildman–Crippen MR) is 91.2 cm³/mol. The van der Waals surface area contributed by atoms with E-state index in [1.54, 1.807) is 23.1 Å². The van der Waals surface area contributed by atoms with E-state index in [2.05, 4.69) is 13.8 Å². The number of ether oxygens (including phenoxy) is 3. The number of hydrogen-bond donors (Lipinski definition) is 1. The Labute approximate surface area is 147 Å². The zero-order valence-corrected chi connectivity index (χ0v) is 14.9. The van der Waals surface area contributed by atoms with Gasteiger partial charge in [0.2, 0.25) is 0 Å². The largest absolute Gasteiger partial charge is 0.493 e. The molecule has 1 N–H and O–H groups in total. The lowest BCUT2D eigenvalue weighted by Gasteiger charge is -2.32. The van der Waals surface area contributed by atoms with Crippen LogP contribution in [-0.4, -0.2) is 61.4 Å². The number of carboxylic acids is 1. The predicted octanol–water partition coefficient (Wildman–Crippen LogP) is 2.05. The number of methoxy groups -OCH3 is 1. The van der Waals surface area contributed by atoms with E-state index >= 15 is 0 Å². The summed E-state index contributed by atoms with van der Waals surface area (Å²) in [5, 5.41) is 8.88. The molecule has 0 aromatic heterocycles. The van der Waals surface area contributed by atoms with Gasteiger partial charge in [-0.1, -0.05) is 13.8 Å². The summed E-state index contributed by atoms with van der Waals surface area (Å²) in [7, 11) is 1.53. The average molecular weight is 351 g/mol. The van der Waals surface area contributed by atoms with Gasteiger partial charge in [-0.05, 0) is 24.1 Å². The first-order valence-corrected chi connectivity index (χ1v) is 8.34. The van der Waals surface area contributed by atoms with Crippen LogP contribution in [0.3, 0.4) is 0 Å². The molecule has 138 valence electrons. The molecule has 2 rings (SSSR count). The van der Waals surface area contributed by atoms with Crippen molar-refractivity contribution >= 4 is 11.9 Å². The van der Waals surface area contributed by atoms with Crippen LogP contribution in [0.4, 0.5) is 0 Å². The molecule has 1 heterocycles. The van der Waals surface area contributed by atoms with Crippen molar-refractivity contribution in [1.29, 1.82) is 0 Å². The van der Waals surface area contributed by atoms with Crippen LogP contribution in [0.15, 0.2) is 18.2 Å². The van der Waals surface area contributed by atoms with Crippen LogP contribution >= 0.6 is 0 Å².